The molecule has 3 heteroatoms. The summed E-state index contributed by atoms with van der Waals surface area (Å²) >= 11 is 0. The van der Waals surface area contributed by atoms with Crippen LogP contribution in [-0.4, -0.2) is 4.98 Å². The zero-order chi connectivity index (χ0) is 13.9. The highest BCUT2D eigenvalue weighted by atomic mass is 15.2. The lowest BCUT2D eigenvalue weighted by Gasteiger charge is -2.33. The number of aromatic nitrogens is 1. The van der Waals surface area contributed by atoms with E-state index in [4.69, 9.17) is 5.84 Å². The molecule has 0 saturated heterocycles. The van der Waals surface area contributed by atoms with Gasteiger partial charge in [-0.2, -0.15) is 0 Å². The van der Waals surface area contributed by atoms with Gasteiger partial charge in [0.1, 0.15) is 0 Å². The molecule has 3 atom stereocenters. The van der Waals surface area contributed by atoms with Gasteiger partial charge in [0.25, 0.3) is 0 Å². The average Bonchev–Trinajstić information content (AvgIpc) is 2.48. The lowest BCUT2D eigenvalue weighted by molar-refractivity contribution is 0.223. The Balaban J connectivity index is 1.98. The van der Waals surface area contributed by atoms with Gasteiger partial charge in [-0.05, 0) is 36.1 Å². The number of benzene rings is 1. The first-order valence-electron chi connectivity index (χ1n) is 7.59. The summed E-state index contributed by atoms with van der Waals surface area (Å²) in [4.78, 5) is 4.64. The molecule has 1 aliphatic rings. The van der Waals surface area contributed by atoms with Crippen molar-refractivity contribution < 1.29 is 0 Å². The van der Waals surface area contributed by atoms with E-state index in [0.717, 1.165) is 11.6 Å². The lowest BCUT2D eigenvalue weighted by Crippen LogP contribution is -2.36. The molecule has 3 nitrogen and oxygen atoms in total. The van der Waals surface area contributed by atoms with Gasteiger partial charge in [-0.25, -0.2) is 0 Å². The van der Waals surface area contributed by atoms with Gasteiger partial charge in [-0.3, -0.25) is 16.3 Å². The van der Waals surface area contributed by atoms with Crippen LogP contribution in [0, 0.1) is 11.8 Å². The Bertz CT molecular complexity index is 576. The van der Waals surface area contributed by atoms with E-state index in [0.29, 0.717) is 5.92 Å². The smallest absolute Gasteiger partial charge is 0.0667 e. The van der Waals surface area contributed by atoms with Crippen LogP contribution in [0.1, 0.15) is 44.3 Å². The number of nitrogens with two attached hydrogens (primary N) is 1. The summed E-state index contributed by atoms with van der Waals surface area (Å²) in [5.74, 6) is 7.26. The Morgan fingerprint density at radius 3 is 2.90 bits per heavy atom. The topological polar surface area (TPSA) is 50.9 Å². The first-order chi connectivity index (χ1) is 9.79. The largest absolute Gasteiger partial charge is 0.271 e. The van der Waals surface area contributed by atoms with Crippen molar-refractivity contribution in [2.24, 2.45) is 17.7 Å². The molecule has 1 aromatic carbocycles. The molecule has 3 N–H and O–H groups in total. The number of rotatable bonds is 3. The van der Waals surface area contributed by atoms with Gasteiger partial charge in [0, 0.05) is 11.6 Å². The molecule has 20 heavy (non-hydrogen) atoms. The molecule has 0 bridgehead atoms. The first kappa shape index (κ1) is 13.5. The highest BCUT2D eigenvalue weighted by molar-refractivity contribution is 5.84. The van der Waals surface area contributed by atoms with E-state index >= 15 is 0 Å². The summed E-state index contributed by atoms with van der Waals surface area (Å²) in [6, 6.07) is 10.6. The van der Waals surface area contributed by atoms with Crippen molar-refractivity contribution in [3.63, 3.8) is 0 Å². The van der Waals surface area contributed by atoms with Crippen molar-refractivity contribution in [2.45, 2.75) is 38.6 Å². The SMILES string of the molecule is CC1CCCC(C(NN)c2nccc3ccccc23)C1. The summed E-state index contributed by atoms with van der Waals surface area (Å²) in [7, 11) is 0. The van der Waals surface area contributed by atoms with Crippen LogP contribution in [0.25, 0.3) is 10.8 Å². The number of nitrogens with zero attached hydrogens (tertiary/aromatic N) is 1. The van der Waals surface area contributed by atoms with Gasteiger partial charge in [0.05, 0.1) is 11.7 Å². The maximum Gasteiger partial charge on any atom is 0.0667 e. The molecule has 106 valence electrons. The monoisotopic (exact) mass is 269 g/mol. The normalized spacial score (nSPS) is 24.7. The second-order valence-electron chi connectivity index (χ2n) is 6.09. The van der Waals surface area contributed by atoms with E-state index < -0.39 is 0 Å². The van der Waals surface area contributed by atoms with Crippen LogP contribution in [0.2, 0.25) is 0 Å². The second-order valence-corrected chi connectivity index (χ2v) is 6.09. The maximum absolute atomic E-state index is 5.88. The minimum Gasteiger partial charge on any atom is -0.271 e. The molecule has 1 aliphatic carbocycles. The van der Waals surface area contributed by atoms with Crippen LogP contribution in [0.4, 0.5) is 0 Å². The Labute approximate surface area is 120 Å². The number of hydrogen-bond acceptors (Lipinski definition) is 3. The third-order valence-corrected chi connectivity index (χ3v) is 4.63. The molecule has 3 unspecified atom stereocenters. The highest BCUT2D eigenvalue weighted by Crippen LogP contribution is 2.37. The molecular weight excluding hydrogens is 246 g/mol. The Morgan fingerprint density at radius 1 is 1.25 bits per heavy atom. The second kappa shape index (κ2) is 5.90. The fourth-order valence-electron chi connectivity index (χ4n) is 3.61. The van der Waals surface area contributed by atoms with Gasteiger partial charge < -0.3 is 0 Å². The molecule has 1 aromatic heterocycles. The summed E-state index contributed by atoms with van der Waals surface area (Å²) < 4.78 is 0. The molecule has 1 fully saturated rings. The van der Waals surface area contributed by atoms with Crippen molar-refractivity contribution in [1.82, 2.24) is 10.4 Å². The molecule has 1 heterocycles. The molecule has 2 aromatic rings. The molecule has 0 radical (unpaired) electrons. The van der Waals surface area contributed by atoms with E-state index in [-0.39, 0.29) is 6.04 Å². The highest BCUT2D eigenvalue weighted by Gasteiger charge is 2.28. The van der Waals surface area contributed by atoms with Crippen molar-refractivity contribution in [2.75, 3.05) is 0 Å². The number of pyridine rings is 1. The Morgan fingerprint density at radius 2 is 2.10 bits per heavy atom. The van der Waals surface area contributed by atoms with E-state index in [1.54, 1.807) is 0 Å². The fourth-order valence-corrected chi connectivity index (χ4v) is 3.61. The minimum absolute atomic E-state index is 0.156. The minimum atomic E-state index is 0.156. The first-order valence-corrected chi connectivity index (χ1v) is 7.59. The third-order valence-electron chi connectivity index (χ3n) is 4.63. The van der Waals surface area contributed by atoms with E-state index in [1.807, 2.05) is 6.20 Å². The molecule has 3 rings (SSSR count). The van der Waals surface area contributed by atoms with Crippen molar-refractivity contribution in [3.05, 3.63) is 42.2 Å². The van der Waals surface area contributed by atoms with Gasteiger partial charge in [0.2, 0.25) is 0 Å². The molecule has 0 spiro atoms. The Hall–Kier alpha value is -1.45. The molecular formula is C17H23N3. The van der Waals surface area contributed by atoms with Gasteiger partial charge in [0.15, 0.2) is 0 Å². The summed E-state index contributed by atoms with van der Waals surface area (Å²) in [6.45, 7) is 2.34. The van der Waals surface area contributed by atoms with E-state index in [9.17, 15) is 0 Å². The van der Waals surface area contributed by atoms with Crippen molar-refractivity contribution >= 4 is 10.8 Å². The van der Waals surface area contributed by atoms with Gasteiger partial charge in [-0.15, -0.1) is 0 Å². The zero-order valence-electron chi connectivity index (χ0n) is 12.0. The number of fused-ring (bicyclic) bond motifs is 1. The maximum atomic E-state index is 5.88. The fraction of sp³-hybridized carbons (Fsp3) is 0.471. The number of nitrogens with one attached hydrogen (secondary N) is 1. The summed E-state index contributed by atoms with van der Waals surface area (Å²) in [5.41, 5.74) is 4.14. The van der Waals surface area contributed by atoms with E-state index in [2.05, 4.69) is 47.7 Å². The standard InChI is InChI=1S/C17H23N3/c1-12-5-4-7-14(11-12)16(20-18)17-15-8-3-2-6-13(15)9-10-19-17/h2-3,6,8-10,12,14,16,20H,4-5,7,11,18H2,1H3. The van der Waals surface area contributed by atoms with Crippen LogP contribution in [0.3, 0.4) is 0 Å². The summed E-state index contributed by atoms with van der Waals surface area (Å²) in [6.07, 6.45) is 7.02. The molecule has 0 amide bonds. The lowest BCUT2D eigenvalue weighted by atomic mass is 9.77. The predicted octanol–water partition coefficient (Wildman–Crippen LogP) is 3.57. The van der Waals surface area contributed by atoms with Gasteiger partial charge >= 0.3 is 0 Å². The Kier molecular flexibility index (Phi) is 3.99. The van der Waals surface area contributed by atoms with E-state index in [1.165, 1.54) is 36.5 Å². The third kappa shape index (κ3) is 2.56. The summed E-state index contributed by atoms with van der Waals surface area (Å²) in [5, 5.41) is 2.46. The van der Waals surface area contributed by atoms with Crippen LogP contribution in [0.15, 0.2) is 36.5 Å². The molecule has 1 saturated carbocycles. The van der Waals surface area contributed by atoms with Crippen LogP contribution in [0.5, 0.6) is 0 Å². The zero-order valence-corrected chi connectivity index (χ0v) is 12.0. The molecule has 0 aliphatic heterocycles. The predicted molar refractivity (Wildman–Crippen MR) is 82.9 cm³/mol. The number of hydrogen-bond donors (Lipinski definition) is 2. The van der Waals surface area contributed by atoms with Crippen LogP contribution >= 0.6 is 0 Å². The van der Waals surface area contributed by atoms with Crippen molar-refractivity contribution in [1.29, 1.82) is 0 Å². The van der Waals surface area contributed by atoms with Crippen molar-refractivity contribution in [3.8, 4) is 0 Å². The quantitative estimate of drug-likeness (QED) is 0.661. The number of hydrazine groups is 1. The van der Waals surface area contributed by atoms with Crippen LogP contribution in [-0.2, 0) is 0 Å². The average molecular weight is 269 g/mol. The van der Waals surface area contributed by atoms with Gasteiger partial charge in [-0.1, -0.05) is 44.0 Å². The van der Waals surface area contributed by atoms with Crippen LogP contribution < -0.4 is 11.3 Å².